The Morgan fingerprint density at radius 2 is 2.07 bits per heavy atom. The Balaban J connectivity index is 2.01. The molecule has 0 bridgehead atoms. The average Bonchev–Trinajstić information content (AvgIpc) is 3.06. The molecule has 8 nitrogen and oxygen atoms in total. The minimum absolute atomic E-state index is 0.418. The minimum Gasteiger partial charge on any atom is -0.397 e. The van der Waals surface area contributed by atoms with E-state index in [1.54, 1.807) is 6.20 Å². The van der Waals surface area contributed by atoms with Crippen molar-refractivity contribution in [3.8, 4) is 11.1 Å². The van der Waals surface area contributed by atoms with Crippen molar-refractivity contribution in [2.45, 2.75) is 6.92 Å². The number of rotatable bonds is 4. The quantitative estimate of drug-likeness (QED) is 0.675. The van der Waals surface area contributed by atoms with Crippen LogP contribution < -0.4 is 10.6 Å². The first kappa shape index (κ1) is 18.1. The van der Waals surface area contributed by atoms with Crippen LogP contribution in [0.2, 0.25) is 0 Å². The second-order valence-corrected chi connectivity index (χ2v) is 6.74. The molecule has 1 fully saturated rings. The highest BCUT2D eigenvalue weighted by Crippen LogP contribution is 2.34. The molecule has 0 unspecified atom stereocenters. The van der Waals surface area contributed by atoms with Gasteiger partial charge in [-0.25, -0.2) is 4.98 Å². The summed E-state index contributed by atoms with van der Waals surface area (Å²) in [6.45, 7) is 4.97. The molecule has 144 valence electrons. The number of pyridine rings is 2. The van der Waals surface area contributed by atoms with Gasteiger partial charge in [0.1, 0.15) is 17.0 Å². The summed E-state index contributed by atoms with van der Waals surface area (Å²) in [5.41, 5.74) is 11.1. The Morgan fingerprint density at radius 1 is 1.29 bits per heavy atom. The molecule has 0 spiro atoms. The number of hydrogen-bond donors (Lipinski definition) is 2. The SMILES string of the molecule is Cc1c(-c2cc(N3CCOCC3)nc3c(/C(N)=C/C=N)nccc23)cnn1C. The van der Waals surface area contributed by atoms with Gasteiger partial charge in [-0.3, -0.25) is 9.67 Å². The van der Waals surface area contributed by atoms with E-state index in [0.29, 0.717) is 24.6 Å². The summed E-state index contributed by atoms with van der Waals surface area (Å²) in [5, 5.41) is 12.7. The number of anilines is 1. The number of nitrogens with two attached hydrogens (primary N) is 1. The van der Waals surface area contributed by atoms with Gasteiger partial charge in [0.2, 0.25) is 0 Å². The van der Waals surface area contributed by atoms with Crippen molar-refractivity contribution >= 4 is 28.6 Å². The highest BCUT2D eigenvalue weighted by atomic mass is 16.5. The van der Waals surface area contributed by atoms with E-state index in [9.17, 15) is 0 Å². The molecule has 0 aliphatic carbocycles. The summed E-state index contributed by atoms with van der Waals surface area (Å²) < 4.78 is 7.35. The molecule has 1 aliphatic rings. The molecular formula is C20H23N7O. The van der Waals surface area contributed by atoms with Crippen LogP contribution in [0.4, 0.5) is 5.82 Å². The van der Waals surface area contributed by atoms with Crippen molar-refractivity contribution in [1.82, 2.24) is 19.7 Å². The smallest absolute Gasteiger partial charge is 0.130 e. The van der Waals surface area contributed by atoms with Crippen LogP contribution >= 0.6 is 0 Å². The first-order valence-electron chi connectivity index (χ1n) is 9.18. The molecule has 0 atom stereocenters. The average molecular weight is 377 g/mol. The molecule has 4 heterocycles. The van der Waals surface area contributed by atoms with Crippen molar-refractivity contribution in [1.29, 1.82) is 5.41 Å². The van der Waals surface area contributed by atoms with E-state index in [1.165, 1.54) is 6.08 Å². The number of hydrogen-bond acceptors (Lipinski definition) is 7. The van der Waals surface area contributed by atoms with Crippen molar-refractivity contribution in [2.24, 2.45) is 12.8 Å². The summed E-state index contributed by atoms with van der Waals surface area (Å²) in [6, 6.07) is 4.06. The van der Waals surface area contributed by atoms with E-state index < -0.39 is 0 Å². The van der Waals surface area contributed by atoms with Gasteiger partial charge in [0.15, 0.2) is 0 Å². The van der Waals surface area contributed by atoms with Gasteiger partial charge in [0, 0.05) is 49.2 Å². The monoisotopic (exact) mass is 377 g/mol. The Labute approximate surface area is 163 Å². The van der Waals surface area contributed by atoms with Crippen LogP contribution in [-0.2, 0) is 11.8 Å². The zero-order chi connectivity index (χ0) is 19.7. The van der Waals surface area contributed by atoms with Crippen molar-refractivity contribution in [2.75, 3.05) is 31.2 Å². The van der Waals surface area contributed by atoms with Gasteiger partial charge >= 0.3 is 0 Å². The number of aryl methyl sites for hydroxylation is 1. The fourth-order valence-electron chi connectivity index (χ4n) is 3.46. The number of allylic oxidation sites excluding steroid dienone is 1. The van der Waals surface area contributed by atoms with Crippen LogP contribution in [0.5, 0.6) is 0 Å². The van der Waals surface area contributed by atoms with Gasteiger partial charge < -0.3 is 20.8 Å². The van der Waals surface area contributed by atoms with E-state index in [2.05, 4.69) is 28.0 Å². The van der Waals surface area contributed by atoms with Gasteiger partial charge in [-0.05, 0) is 30.7 Å². The third-order valence-corrected chi connectivity index (χ3v) is 5.11. The maximum atomic E-state index is 7.34. The molecule has 1 saturated heterocycles. The molecule has 0 aromatic carbocycles. The van der Waals surface area contributed by atoms with Crippen LogP contribution in [0.15, 0.2) is 30.6 Å². The molecule has 28 heavy (non-hydrogen) atoms. The Kier molecular flexibility index (Phi) is 4.79. The number of ether oxygens (including phenoxy) is 1. The molecule has 0 amide bonds. The van der Waals surface area contributed by atoms with Crippen LogP contribution in [0.25, 0.3) is 27.7 Å². The highest BCUT2D eigenvalue weighted by Gasteiger charge is 2.20. The molecule has 8 heteroatoms. The maximum absolute atomic E-state index is 7.34. The first-order chi connectivity index (χ1) is 13.6. The van der Waals surface area contributed by atoms with E-state index in [1.807, 2.05) is 24.0 Å². The summed E-state index contributed by atoms with van der Waals surface area (Å²) in [5.74, 6) is 0.867. The number of aromatic nitrogens is 4. The molecule has 3 aromatic heterocycles. The molecule has 0 saturated carbocycles. The van der Waals surface area contributed by atoms with Crippen LogP contribution in [0.3, 0.4) is 0 Å². The summed E-state index contributed by atoms with van der Waals surface area (Å²) in [4.78, 5) is 11.6. The molecule has 3 N–H and O–H groups in total. The van der Waals surface area contributed by atoms with Crippen molar-refractivity contribution in [3.63, 3.8) is 0 Å². The van der Waals surface area contributed by atoms with Gasteiger partial charge in [-0.15, -0.1) is 0 Å². The normalized spacial score (nSPS) is 15.2. The topological polar surface area (TPSA) is 106 Å². The van der Waals surface area contributed by atoms with E-state index in [-0.39, 0.29) is 0 Å². The second-order valence-electron chi connectivity index (χ2n) is 6.74. The summed E-state index contributed by atoms with van der Waals surface area (Å²) >= 11 is 0. The summed E-state index contributed by atoms with van der Waals surface area (Å²) in [7, 11) is 1.93. The lowest BCUT2D eigenvalue weighted by Crippen LogP contribution is -2.36. The zero-order valence-electron chi connectivity index (χ0n) is 16.0. The third kappa shape index (κ3) is 3.11. The van der Waals surface area contributed by atoms with E-state index in [0.717, 1.165) is 52.8 Å². The molecule has 3 aromatic rings. The maximum Gasteiger partial charge on any atom is 0.130 e. The number of fused-ring (bicyclic) bond motifs is 1. The first-order valence-corrected chi connectivity index (χ1v) is 9.18. The van der Waals surface area contributed by atoms with Crippen molar-refractivity contribution in [3.05, 3.63) is 42.0 Å². The minimum atomic E-state index is 0.418. The molecule has 4 rings (SSSR count). The predicted molar refractivity (Wildman–Crippen MR) is 110 cm³/mol. The van der Waals surface area contributed by atoms with E-state index in [4.69, 9.17) is 20.9 Å². The molecular weight excluding hydrogens is 354 g/mol. The highest BCUT2D eigenvalue weighted by molar-refractivity contribution is 6.01. The van der Waals surface area contributed by atoms with Gasteiger partial charge in [0.05, 0.1) is 25.1 Å². The van der Waals surface area contributed by atoms with Crippen LogP contribution in [0.1, 0.15) is 11.4 Å². The van der Waals surface area contributed by atoms with Gasteiger partial charge in [-0.2, -0.15) is 5.10 Å². The Morgan fingerprint density at radius 3 is 2.75 bits per heavy atom. The number of nitrogens with zero attached hydrogens (tertiary/aromatic N) is 5. The second kappa shape index (κ2) is 7.40. The Hall–Kier alpha value is -3.26. The van der Waals surface area contributed by atoms with Crippen LogP contribution in [0, 0.1) is 12.3 Å². The van der Waals surface area contributed by atoms with Crippen LogP contribution in [-0.4, -0.2) is 52.3 Å². The zero-order valence-corrected chi connectivity index (χ0v) is 16.0. The standard InChI is InChI=1S/C20H23N7O/c1-13-16(12-24-26(13)2)15-11-18(27-7-9-28-10-8-27)25-19-14(15)4-6-23-20(19)17(22)3-5-21/h3-6,11-12,21H,7-10,22H2,1-2H3/b17-3-,21-5?. The largest absolute Gasteiger partial charge is 0.397 e. The lowest BCUT2D eigenvalue weighted by molar-refractivity contribution is 0.122. The fraction of sp³-hybridized carbons (Fsp3) is 0.300. The molecule has 1 aliphatic heterocycles. The fourth-order valence-corrected chi connectivity index (χ4v) is 3.46. The number of morpholine rings is 1. The third-order valence-electron chi connectivity index (χ3n) is 5.11. The van der Waals surface area contributed by atoms with Crippen molar-refractivity contribution < 1.29 is 4.74 Å². The Bertz CT molecular complexity index is 1060. The lowest BCUT2D eigenvalue weighted by atomic mass is 10.0. The predicted octanol–water partition coefficient (Wildman–Crippen LogP) is 2.12. The summed E-state index contributed by atoms with van der Waals surface area (Å²) in [6.07, 6.45) is 6.30. The molecule has 0 radical (unpaired) electrons. The number of nitrogens with one attached hydrogen (secondary N) is 1. The van der Waals surface area contributed by atoms with Gasteiger partial charge in [0.25, 0.3) is 0 Å². The lowest BCUT2D eigenvalue weighted by Gasteiger charge is -2.28. The van der Waals surface area contributed by atoms with Gasteiger partial charge in [-0.1, -0.05) is 0 Å². The van der Waals surface area contributed by atoms with E-state index >= 15 is 0 Å².